The number of pyridine rings is 1. The van der Waals surface area contributed by atoms with Crippen LogP contribution in [0, 0.1) is 0 Å². The fourth-order valence-electron chi connectivity index (χ4n) is 1.66. The van der Waals surface area contributed by atoms with E-state index in [0.717, 1.165) is 18.5 Å². The lowest BCUT2D eigenvalue weighted by Gasteiger charge is -2.17. The summed E-state index contributed by atoms with van der Waals surface area (Å²) >= 11 is 5.94. The first-order valence-electron chi connectivity index (χ1n) is 6.44. The Morgan fingerprint density at radius 1 is 1.20 bits per heavy atom. The highest BCUT2D eigenvalue weighted by molar-refractivity contribution is 6.28. The van der Waals surface area contributed by atoms with Crippen molar-refractivity contribution in [1.29, 1.82) is 0 Å². The van der Waals surface area contributed by atoms with Gasteiger partial charge in [0, 0.05) is 32.5 Å². The van der Waals surface area contributed by atoms with Gasteiger partial charge < -0.3 is 10.2 Å². The molecule has 2 aromatic heterocycles. The summed E-state index contributed by atoms with van der Waals surface area (Å²) in [6.07, 6.45) is 4.51. The van der Waals surface area contributed by atoms with Gasteiger partial charge in [-0.15, -0.1) is 0 Å². The van der Waals surface area contributed by atoms with E-state index in [2.05, 4.69) is 32.2 Å². The van der Waals surface area contributed by atoms with Gasteiger partial charge in [-0.1, -0.05) is 6.92 Å². The number of rotatable bonds is 6. The minimum absolute atomic E-state index is 0.190. The average Bonchev–Trinajstić information content (AvgIpc) is 2.45. The molecule has 0 saturated heterocycles. The second-order valence-corrected chi connectivity index (χ2v) is 4.70. The molecule has 20 heavy (non-hydrogen) atoms. The molecule has 106 valence electrons. The molecule has 0 unspecified atom stereocenters. The van der Waals surface area contributed by atoms with Gasteiger partial charge in [-0.3, -0.25) is 4.98 Å². The molecule has 0 aliphatic heterocycles. The molecule has 0 aliphatic carbocycles. The first-order valence-corrected chi connectivity index (χ1v) is 6.82. The van der Waals surface area contributed by atoms with Gasteiger partial charge >= 0.3 is 0 Å². The van der Waals surface area contributed by atoms with Gasteiger partial charge in [-0.25, -0.2) is 0 Å². The van der Waals surface area contributed by atoms with Crippen molar-refractivity contribution in [2.75, 3.05) is 23.8 Å². The van der Waals surface area contributed by atoms with Crippen LogP contribution >= 0.6 is 11.6 Å². The Balaban J connectivity index is 2.12. The van der Waals surface area contributed by atoms with Crippen LogP contribution in [0.2, 0.25) is 5.28 Å². The summed E-state index contributed by atoms with van der Waals surface area (Å²) in [6, 6.07) is 3.91. The minimum Gasteiger partial charge on any atom is -0.354 e. The van der Waals surface area contributed by atoms with Gasteiger partial charge in [0.05, 0.1) is 0 Å². The number of hydrogen-bond donors (Lipinski definition) is 1. The number of anilines is 2. The molecule has 0 atom stereocenters. The van der Waals surface area contributed by atoms with Crippen molar-refractivity contribution in [2.45, 2.75) is 19.9 Å². The molecule has 0 spiro atoms. The lowest BCUT2D eigenvalue weighted by molar-refractivity contribution is 0.846. The normalized spacial score (nSPS) is 10.3. The molecule has 2 heterocycles. The smallest absolute Gasteiger partial charge is 0.231 e. The van der Waals surface area contributed by atoms with Crippen molar-refractivity contribution in [1.82, 2.24) is 19.9 Å². The Hall–Kier alpha value is -1.95. The van der Waals surface area contributed by atoms with E-state index in [9.17, 15) is 0 Å². The van der Waals surface area contributed by atoms with Gasteiger partial charge in [0.15, 0.2) is 0 Å². The maximum Gasteiger partial charge on any atom is 0.231 e. The highest BCUT2D eigenvalue weighted by Gasteiger charge is 2.09. The minimum atomic E-state index is 0.190. The molecule has 0 aromatic carbocycles. The zero-order chi connectivity index (χ0) is 14.4. The third kappa shape index (κ3) is 4.03. The lowest BCUT2D eigenvalue weighted by atomic mass is 10.2. The van der Waals surface area contributed by atoms with Crippen molar-refractivity contribution in [2.24, 2.45) is 0 Å². The third-order valence-corrected chi connectivity index (χ3v) is 2.81. The van der Waals surface area contributed by atoms with E-state index >= 15 is 0 Å². The quantitative estimate of drug-likeness (QED) is 0.882. The fourth-order valence-corrected chi connectivity index (χ4v) is 1.81. The average molecular weight is 293 g/mol. The Kier molecular flexibility index (Phi) is 5.06. The van der Waals surface area contributed by atoms with E-state index < -0.39 is 0 Å². The summed E-state index contributed by atoms with van der Waals surface area (Å²) in [4.78, 5) is 18.5. The van der Waals surface area contributed by atoms with E-state index in [0.29, 0.717) is 18.4 Å². The van der Waals surface area contributed by atoms with Crippen molar-refractivity contribution in [3.05, 3.63) is 35.4 Å². The molecule has 0 bridgehead atoms. The number of nitrogens with zero attached hydrogens (tertiary/aromatic N) is 5. The van der Waals surface area contributed by atoms with Crippen molar-refractivity contribution in [3.63, 3.8) is 0 Å². The van der Waals surface area contributed by atoms with Gasteiger partial charge in [0.1, 0.15) is 0 Å². The van der Waals surface area contributed by atoms with Gasteiger partial charge in [0.25, 0.3) is 0 Å². The summed E-state index contributed by atoms with van der Waals surface area (Å²) in [5, 5.41) is 3.30. The monoisotopic (exact) mass is 292 g/mol. The first kappa shape index (κ1) is 14.5. The Morgan fingerprint density at radius 3 is 2.65 bits per heavy atom. The summed E-state index contributed by atoms with van der Waals surface area (Å²) < 4.78 is 0. The van der Waals surface area contributed by atoms with Crippen LogP contribution in [0.1, 0.15) is 18.9 Å². The maximum absolute atomic E-state index is 5.94. The molecule has 0 radical (unpaired) electrons. The van der Waals surface area contributed by atoms with Crippen molar-refractivity contribution < 1.29 is 0 Å². The molecule has 0 amide bonds. The van der Waals surface area contributed by atoms with Crippen LogP contribution in [-0.2, 0) is 6.54 Å². The van der Waals surface area contributed by atoms with E-state index in [1.807, 2.05) is 24.1 Å². The van der Waals surface area contributed by atoms with Crippen LogP contribution in [0.4, 0.5) is 11.9 Å². The SMILES string of the molecule is CCCNc1nc(Cl)nc(N(C)Cc2ccncc2)n1. The van der Waals surface area contributed by atoms with Crippen LogP contribution in [0.5, 0.6) is 0 Å². The summed E-state index contributed by atoms with van der Waals surface area (Å²) in [7, 11) is 1.91. The summed E-state index contributed by atoms with van der Waals surface area (Å²) in [6.45, 7) is 3.55. The zero-order valence-electron chi connectivity index (χ0n) is 11.5. The molecule has 1 N–H and O–H groups in total. The van der Waals surface area contributed by atoms with Gasteiger partial charge in [0.2, 0.25) is 17.2 Å². The molecule has 6 nitrogen and oxygen atoms in total. The van der Waals surface area contributed by atoms with Crippen LogP contribution in [0.15, 0.2) is 24.5 Å². The second kappa shape index (κ2) is 7.00. The lowest BCUT2D eigenvalue weighted by Crippen LogP contribution is -2.20. The highest BCUT2D eigenvalue weighted by Crippen LogP contribution is 2.14. The molecule has 0 fully saturated rings. The molecular formula is C13H17ClN6. The molecule has 7 heteroatoms. The number of nitrogens with one attached hydrogen (secondary N) is 1. The van der Waals surface area contributed by atoms with Crippen LogP contribution in [0.25, 0.3) is 0 Å². The predicted molar refractivity (Wildman–Crippen MR) is 80.0 cm³/mol. The topological polar surface area (TPSA) is 66.8 Å². The predicted octanol–water partition coefficient (Wildman–Crippen LogP) is 2.38. The van der Waals surface area contributed by atoms with Crippen molar-refractivity contribution >= 4 is 23.5 Å². The molecule has 2 rings (SSSR count). The fraction of sp³-hybridized carbons (Fsp3) is 0.385. The molecule has 2 aromatic rings. The summed E-state index contributed by atoms with van der Waals surface area (Å²) in [5.41, 5.74) is 1.13. The van der Waals surface area contributed by atoms with E-state index in [1.54, 1.807) is 12.4 Å². The third-order valence-electron chi connectivity index (χ3n) is 2.64. The molecule has 0 aliphatic rings. The van der Waals surface area contributed by atoms with Crippen molar-refractivity contribution in [3.8, 4) is 0 Å². The highest BCUT2D eigenvalue weighted by atomic mass is 35.5. The largest absolute Gasteiger partial charge is 0.354 e. The van der Waals surface area contributed by atoms with Crippen LogP contribution in [0.3, 0.4) is 0 Å². The Bertz CT molecular complexity index is 548. The zero-order valence-corrected chi connectivity index (χ0v) is 12.3. The van der Waals surface area contributed by atoms with E-state index in [4.69, 9.17) is 11.6 Å². The Labute approximate surface area is 123 Å². The van der Waals surface area contributed by atoms with Crippen LogP contribution < -0.4 is 10.2 Å². The second-order valence-electron chi connectivity index (χ2n) is 4.37. The maximum atomic E-state index is 5.94. The molecular weight excluding hydrogens is 276 g/mol. The standard InChI is InChI=1S/C13H17ClN6/c1-3-6-16-12-17-11(14)18-13(19-12)20(2)9-10-4-7-15-8-5-10/h4-5,7-8H,3,6,9H2,1-2H3,(H,16,17,18,19). The number of hydrogen-bond acceptors (Lipinski definition) is 6. The first-order chi connectivity index (χ1) is 9.69. The number of halogens is 1. The summed E-state index contributed by atoms with van der Waals surface area (Å²) in [5.74, 6) is 1.05. The van der Waals surface area contributed by atoms with E-state index in [-0.39, 0.29) is 5.28 Å². The van der Waals surface area contributed by atoms with Crippen LogP contribution in [-0.4, -0.2) is 33.5 Å². The Morgan fingerprint density at radius 2 is 1.95 bits per heavy atom. The van der Waals surface area contributed by atoms with Gasteiger partial charge in [-0.05, 0) is 35.7 Å². The van der Waals surface area contributed by atoms with Gasteiger partial charge in [-0.2, -0.15) is 15.0 Å². The van der Waals surface area contributed by atoms with E-state index in [1.165, 1.54) is 0 Å². The number of aromatic nitrogens is 4. The molecule has 0 saturated carbocycles.